The molecule has 0 aromatic heterocycles. The average Bonchev–Trinajstić information content (AvgIpc) is 3.53. The van der Waals surface area contributed by atoms with Crippen LogP contribution in [0.3, 0.4) is 0 Å². The summed E-state index contributed by atoms with van der Waals surface area (Å²) >= 11 is 11.1. The molecule has 0 unspecified atom stereocenters. The van der Waals surface area contributed by atoms with Gasteiger partial charge in [-0.1, -0.05) is 37.1 Å². The zero-order valence-electron chi connectivity index (χ0n) is 17.7. The number of hydrogen-bond donors (Lipinski definition) is 4. The van der Waals surface area contributed by atoms with Gasteiger partial charge in [-0.25, -0.2) is 0 Å². The van der Waals surface area contributed by atoms with E-state index in [0.29, 0.717) is 12.1 Å². The standard InChI is InChI=1S/C24H34N4S2/c29-23(27-21-11-15-4-6-19(21)9-15)25-13-17-2-1-3-18(8-17)14-26-24(30)28-22-12-16-5-7-20(22)10-16/h1-3,8,15-16,19-22H,4-7,9-14H2,(H2,25,27,29)(H2,26,28,30)/t15-,16-,19-,20-,21+,22+/m0/s1. The molecule has 4 saturated carbocycles. The summed E-state index contributed by atoms with van der Waals surface area (Å²) in [4.78, 5) is 0. The summed E-state index contributed by atoms with van der Waals surface area (Å²) in [5.74, 6) is 3.54. The van der Waals surface area contributed by atoms with Crippen molar-refractivity contribution >= 4 is 34.7 Å². The van der Waals surface area contributed by atoms with Gasteiger partial charge in [0.1, 0.15) is 0 Å². The molecule has 0 radical (unpaired) electrons. The van der Waals surface area contributed by atoms with Crippen molar-refractivity contribution in [3.05, 3.63) is 35.4 Å². The van der Waals surface area contributed by atoms with Crippen molar-refractivity contribution in [1.29, 1.82) is 0 Å². The number of benzene rings is 1. The summed E-state index contributed by atoms with van der Waals surface area (Å²) in [6, 6.07) is 9.84. The number of thiocarbonyl (C=S) groups is 2. The molecule has 4 nitrogen and oxygen atoms in total. The Labute approximate surface area is 191 Å². The molecule has 0 amide bonds. The third kappa shape index (κ3) is 4.75. The van der Waals surface area contributed by atoms with Crippen LogP contribution >= 0.6 is 24.4 Å². The lowest BCUT2D eigenvalue weighted by Crippen LogP contribution is -2.44. The van der Waals surface area contributed by atoms with Crippen molar-refractivity contribution in [3.8, 4) is 0 Å². The molecule has 30 heavy (non-hydrogen) atoms. The zero-order valence-corrected chi connectivity index (χ0v) is 19.3. The van der Waals surface area contributed by atoms with E-state index in [4.69, 9.17) is 24.4 Å². The Kier molecular flexibility index (Phi) is 6.15. The smallest absolute Gasteiger partial charge is 0.166 e. The number of nitrogens with one attached hydrogen (secondary N) is 4. The molecule has 0 saturated heterocycles. The SMILES string of the molecule is S=C(NCc1cccc(CNC(=S)N[C@@H]2C[C@H]3CC[C@H]2C3)c1)N[C@@H]1C[C@H]2CC[C@H]1C2. The van der Waals surface area contributed by atoms with Crippen LogP contribution < -0.4 is 21.3 Å². The summed E-state index contributed by atoms with van der Waals surface area (Å²) in [7, 11) is 0. The van der Waals surface area contributed by atoms with Gasteiger partial charge in [0.15, 0.2) is 10.2 Å². The van der Waals surface area contributed by atoms with Gasteiger partial charge in [0, 0.05) is 25.2 Å². The largest absolute Gasteiger partial charge is 0.360 e. The van der Waals surface area contributed by atoms with Crippen molar-refractivity contribution in [2.75, 3.05) is 0 Å². The van der Waals surface area contributed by atoms with E-state index in [1.807, 2.05) is 0 Å². The van der Waals surface area contributed by atoms with E-state index < -0.39 is 0 Å². The van der Waals surface area contributed by atoms with Gasteiger partial charge in [0.25, 0.3) is 0 Å². The number of fused-ring (bicyclic) bond motifs is 4. The Bertz CT molecular complexity index is 736. The molecule has 162 valence electrons. The van der Waals surface area contributed by atoms with Crippen molar-refractivity contribution in [2.45, 2.75) is 76.5 Å². The maximum Gasteiger partial charge on any atom is 0.166 e. The van der Waals surface area contributed by atoms with Gasteiger partial charge in [0.2, 0.25) is 0 Å². The quantitative estimate of drug-likeness (QED) is 0.500. The van der Waals surface area contributed by atoms with Crippen LogP contribution in [0.15, 0.2) is 24.3 Å². The van der Waals surface area contributed by atoms with Crippen LogP contribution in [0.2, 0.25) is 0 Å². The summed E-state index contributed by atoms with van der Waals surface area (Å²) in [6.45, 7) is 1.52. The Morgan fingerprint density at radius 2 is 1.23 bits per heavy atom. The second-order valence-electron chi connectivity index (χ2n) is 10.0. The predicted octanol–water partition coefficient (Wildman–Crippen LogP) is 3.99. The molecular weight excluding hydrogens is 408 g/mol. The van der Waals surface area contributed by atoms with Crippen LogP contribution in [0.4, 0.5) is 0 Å². The summed E-state index contributed by atoms with van der Waals surface area (Å²) in [5.41, 5.74) is 2.50. The maximum absolute atomic E-state index is 5.55. The maximum atomic E-state index is 5.55. The molecule has 0 heterocycles. The highest BCUT2D eigenvalue weighted by Gasteiger charge is 2.40. The monoisotopic (exact) mass is 442 g/mol. The first-order chi connectivity index (χ1) is 14.6. The fraction of sp³-hybridized carbons (Fsp3) is 0.667. The minimum Gasteiger partial charge on any atom is -0.360 e. The molecule has 0 spiro atoms. The zero-order chi connectivity index (χ0) is 20.5. The molecule has 4 fully saturated rings. The second kappa shape index (κ2) is 8.99. The predicted molar refractivity (Wildman–Crippen MR) is 130 cm³/mol. The van der Waals surface area contributed by atoms with Crippen molar-refractivity contribution < 1.29 is 0 Å². The normalized spacial score (nSPS) is 33.5. The van der Waals surface area contributed by atoms with Gasteiger partial charge >= 0.3 is 0 Å². The molecule has 6 heteroatoms. The van der Waals surface area contributed by atoms with E-state index in [0.717, 1.165) is 47.0 Å². The lowest BCUT2D eigenvalue weighted by Gasteiger charge is -2.25. The molecule has 6 atom stereocenters. The van der Waals surface area contributed by atoms with Gasteiger partial charge in [-0.3, -0.25) is 0 Å². The van der Waals surface area contributed by atoms with Crippen molar-refractivity contribution in [1.82, 2.24) is 21.3 Å². The summed E-state index contributed by atoms with van der Waals surface area (Å²) < 4.78 is 0. The minimum absolute atomic E-state index is 0.586. The van der Waals surface area contributed by atoms with Crippen LogP contribution in [0.25, 0.3) is 0 Å². The van der Waals surface area contributed by atoms with Crippen LogP contribution in [0.1, 0.15) is 62.5 Å². The molecule has 4 N–H and O–H groups in total. The highest BCUT2D eigenvalue weighted by molar-refractivity contribution is 7.80. The van der Waals surface area contributed by atoms with Crippen molar-refractivity contribution in [3.63, 3.8) is 0 Å². The summed E-state index contributed by atoms with van der Waals surface area (Å²) in [6.07, 6.45) is 11.0. The first-order valence-electron chi connectivity index (χ1n) is 11.8. The Hall–Kier alpha value is -1.40. The molecule has 0 aliphatic heterocycles. The summed E-state index contributed by atoms with van der Waals surface area (Å²) in [5, 5.41) is 15.5. The lowest BCUT2D eigenvalue weighted by atomic mass is 9.95. The van der Waals surface area contributed by atoms with E-state index in [-0.39, 0.29) is 0 Å². The molecule has 5 rings (SSSR count). The van der Waals surface area contributed by atoms with Gasteiger partial charge in [-0.05, 0) is 97.8 Å². The fourth-order valence-corrected chi connectivity index (χ4v) is 6.94. The van der Waals surface area contributed by atoms with E-state index in [2.05, 4.69) is 45.5 Å². The molecule has 4 bridgehead atoms. The van der Waals surface area contributed by atoms with Crippen LogP contribution in [0, 0.1) is 23.7 Å². The van der Waals surface area contributed by atoms with E-state index >= 15 is 0 Å². The van der Waals surface area contributed by atoms with Gasteiger partial charge in [0.05, 0.1) is 0 Å². The van der Waals surface area contributed by atoms with E-state index in [9.17, 15) is 0 Å². The first kappa shape index (κ1) is 20.5. The fourth-order valence-electron chi connectivity index (χ4n) is 6.50. The highest BCUT2D eigenvalue weighted by Crippen LogP contribution is 2.45. The van der Waals surface area contributed by atoms with Crippen LogP contribution in [-0.2, 0) is 13.1 Å². The number of hydrogen-bond acceptors (Lipinski definition) is 2. The molecule has 1 aromatic rings. The van der Waals surface area contributed by atoms with E-state index in [1.54, 1.807) is 0 Å². The second-order valence-corrected chi connectivity index (χ2v) is 10.9. The van der Waals surface area contributed by atoms with Crippen LogP contribution in [-0.4, -0.2) is 22.3 Å². The third-order valence-electron chi connectivity index (χ3n) is 8.01. The first-order valence-corrected chi connectivity index (χ1v) is 12.6. The molecule has 4 aliphatic rings. The molecule has 4 aliphatic carbocycles. The van der Waals surface area contributed by atoms with Crippen LogP contribution in [0.5, 0.6) is 0 Å². The third-order valence-corrected chi connectivity index (χ3v) is 8.53. The molecule has 1 aromatic carbocycles. The lowest BCUT2D eigenvalue weighted by molar-refractivity contribution is 0.389. The Balaban J connectivity index is 1.04. The number of rotatable bonds is 6. The average molecular weight is 443 g/mol. The van der Waals surface area contributed by atoms with Gasteiger partial charge in [-0.2, -0.15) is 0 Å². The minimum atomic E-state index is 0.586. The Morgan fingerprint density at radius 1 is 0.733 bits per heavy atom. The Morgan fingerprint density at radius 3 is 1.63 bits per heavy atom. The highest BCUT2D eigenvalue weighted by atomic mass is 32.1. The molecular formula is C24H34N4S2. The topological polar surface area (TPSA) is 48.1 Å². The van der Waals surface area contributed by atoms with Gasteiger partial charge in [-0.15, -0.1) is 0 Å². The van der Waals surface area contributed by atoms with Gasteiger partial charge < -0.3 is 21.3 Å². The van der Waals surface area contributed by atoms with E-state index in [1.165, 1.54) is 62.5 Å². The van der Waals surface area contributed by atoms with Crippen molar-refractivity contribution in [2.24, 2.45) is 23.7 Å².